The molecule has 1 amide bonds. The second kappa shape index (κ2) is 8.45. The summed E-state index contributed by atoms with van der Waals surface area (Å²) in [5.74, 6) is 1.59. The van der Waals surface area contributed by atoms with Gasteiger partial charge in [-0.2, -0.15) is 0 Å². The van der Waals surface area contributed by atoms with Crippen LogP contribution in [0.2, 0.25) is 0 Å². The number of fused-ring (bicyclic) bond motifs is 1. The number of nitrogens with one attached hydrogen (secondary N) is 1. The standard InChI is InChI=1S/C20H28N4O2S2/c1-12-5-13(2)10-24(9-12)19(27)28-11-17(26)23-18-21-8-14-15(22-18)6-20(3,4)7-16(14)25/h8,12-13H,5-7,9-11H2,1-4H3,(H,21,22,23,26)/t12-,13-/m0/s1. The van der Waals surface area contributed by atoms with Crippen LogP contribution in [0.25, 0.3) is 0 Å². The molecule has 0 bridgehead atoms. The highest BCUT2D eigenvalue weighted by atomic mass is 32.2. The zero-order chi connectivity index (χ0) is 20.5. The smallest absolute Gasteiger partial charge is 0.237 e. The number of amides is 1. The number of nitrogens with zero attached hydrogens (tertiary/aromatic N) is 3. The van der Waals surface area contributed by atoms with Gasteiger partial charge in [-0.1, -0.05) is 51.7 Å². The predicted molar refractivity (Wildman–Crippen MR) is 117 cm³/mol. The molecule has 0 saturated carbocycles. The zero-order valence-corrected chi connectivity index (χ0v) is 18.6. The number of rotatable bonds is 3. The van der Waals surface area contributed by atoms with Gasteiger partial charge in [-0.05, 0) is 30.1 Å². The van der Waals surface area contributed by atoms with Crippen molar-refractivity contribution in [2.75, 3.05) is 24.2 Å². The molecule has 2 atom stereocenters. The number of carbonyl (C=O) groups excluding carboxylic acids is 2. The number of anilines is 1. The molecular weight excluding hydrogens is 392 g/mol. The first-order valence-corrected chi connectivity index (χ1v) is 11.1. The number of thiocarbonyl (C=S) groups is 1. The fourth-order valence-electron chi connectivity index (χ4n) is 4.08. The normalized spacial score (nSPS) is 23.9. The van der Waals surface area contributed by atoms with E-state index in [1.807, 2.05) is 13.8 Å². The highest BCUT2D eigenvalue weighted by Gasteiger charge is 2.32. The average molecular weight is 421 g/mol. The van der Waals surface area contributed by atoms with E-state index >= 15 is 0 Å². The van der Waals surface area contributed by atoms with E-state index in [1.54, 1.807) is 0 Å². The Morgan fingerprint density at radius 1 is 1.32 bits per heavy atom. The van der Waals surface area contributed by atoms with Crippen LogP contribution in [-0.4, -0.2) is 49.7 Å². The second-order valence-corrected chi connectivity index (χ2v) is 10.6. The lowest BCUT2D eigenvalue weighted by molar-refractivity contribution is -0.113. The first kappa shape index (κ1) is 21.2. The van der Waals surface area contributed by atoms with Crippen LogP contribution in [0.1, 0.15) is 56.6 Å². The zero-order valence-electron chi connectivity index (χ0n) is 16.9. The maximum absolute atomic E-state index is 12.3. The lowest BCUT2D eigenvalue weighted by Crippen LogP contribution is -2.41. The summed E-state index contributed by atoms with van der Waals surface area (Å²) in [6, 6.07) is 0. The van der Waals surface area contributed by atoms with E-state index in [0.29, 0.717) is 35.9 Å². The number of carbonyl (C=O) groups is 2. The van der Waals surface area contributed by atoms with Crippen molar-refractivity contribution in [3.8, 4) is 0 Å². The van der Waals surface area contributed by atoms with Crippen molar-refractivity contribution in [3.63, 3.8) is 0 Å². The first-order valence-electron chi connectivity index (χ1n) is 9.73. The number of aromatic nitrogens is 2. The van der Waals surface area contributed by atoms with Gasteiger partial charge in [-0.3, -0.25) is 14.9 Å². The van der Waals surface area contributed by atoms with E-state index in [4.69, 9.17) is 12.2 Å². The van der Waals surface area contributed by atoms with Gasteiger partial charge in [0.1, 0.15) is 4.32 Å². The second-order valence-electron chi connectivity index (χ2n) is 8.95. The molecule has 8 heteroatoms. The first-order chi connectivity index (χ1) is 13.1. The van der Waals surface area contributed by atoms with Gasteiger partial charge >= 0.3 is 0 Å². The van der Waals surface area contributed by atoms with Gasteiger partial charge in [0, 0.05) is 25.7 Å². The number of Topliss-reactive ketones (excluding diaryl/α,β-unsaturated/α-hetero) is 1. The molecule has 28 heavy (non-hydrogen) atoms. The summed E-state index contributed by atoms with van der Waals surface area (Å²) in [6.45, 7) is 10.5. The Balaban J connectivity index is 1.55. The van der Waals surface area contributed by atoms with Crippen LogP contribution >= 0.6 is 24.0 Å². The van der Waals surface area contributed by atoms with Crippen molar-refractivity contribution >= 4 is 45.9 Å². The molecule has 0 radical (unpaired) electrons. The summed E-state index contributed by atoms with van der Waals surface area (Å²) in [6.07, 6.45) is 3.95. The maximum Gasteiger partial charge on any atom is 0.237 e. The van der Waals surface area contributed by atoms with E-state index in [-0.39, 0.29) is 28.8 Å². The van der Waals surface area contributed by atoms with Crippen molar-refractivity contribution < 1.29 is 9.59 Å². The molecule has 0 unspecified atom stereocenters. The van der Waals surface area contributed by atoms with Crippen molar-refractivity contribution in [1.29, 1.82) is 0 Å². The molecule has 152 valence electrons. The van der Waals surface area contributed by atoms with Gasteiger partial charge in [-0.15, -0.1) is 0 Å². The van der Waals surface area contributed by atoms with E-state index in [9.17, 15) is 9.59 Å². The quantitative estimate of drug-likeness (QED) is 0.749. The highest BCUT2D eigenvalue weighted by molar-refractivity contribution is 8.23. The Hall–Kier alpha value is -1.54. The summed E-state index contributed by atoms with van der Waals surface area (Å²) in [5.41, 5.74) is 1.16. The number of ketones is 1. The molecule has 1 N–H and O–H groups in total. The number of hydrogen-bond acceptors (Lipinski definition) is 6. The van der Waals surface area contributed by atoms with Crippen LogP contribution in [-0.2, 0) is 11.2 Å². The van der Waals surface area contributed by atoms with Crippen LogP contribution < -0.4 is 5.32 Å². The summed E-state index contributed by atoms with van der Waals surface area (Å²) in [7, 11) is 0. The molecule has 6 nitrogen and oxygen atoms in total. The SMILES string of the molecule is C[C@H]1C[C@H](C)CN(C(=S)SCC(=O)Nc2ncc3c(n2)CC(C)(C)CC3=O)C1. The van der Waals surface area contributed by atoms with Gasteiger partial charge in [0.2, 0.25) is 11.9 Å². The van der Waals surface area contributed by atoms with Crippen LogP contribution in [0.5, 0.6) is 0 Å². The van der Waals surface area contributed by atoms with Crippen LogP contribution in [0.3, 0.4) is 0 Å². The van der Waals surface area contributed by atoms with Crippen molar-refractivity contribution in [2.24, 2.45) is 17.3 Å². The molecule has 0 aromatic carbocycles. The van der Waals surface area contributed by atoms with E-state index in [0.717, 1.165) is 17.4 Å². The molecular formula is C20H28N4O2S2. The third kappa shape index (κ3) is 5.29. The van der Waals surface area contributed by atoms with Gasteiger partial charge in [-0.25, -0.2) is 9.97 Å². The number of likely N-dealkylation sites (tertiary alicyclic amines) is 1. The summed E-state index contributed by atoms with van der Waals surface area (Å²) in [5, 5.41) is 2.74. The van der Waals surface area contributed by atoms with E-state index in [1.165, 1.54) is 24.4 Å². The molecule has 1 aliphatic heterocycles. The molecule has 0 spiro atoms. The van der Waals surface area contributed by atoms with Gasteiger partial charge < -0.3 is 4.90 Å². The number of hydrogen-bond donors (Lipinski definition) is 1. The fourth-order valence-corrected chi connectivity index (χ4v) is 5.07. The maximum atomic E-state index is 12.3. The number of piperidine rings is 1. The van der Waals surface area contributed by atoms with Crippen LogP contribution in [0.4, 0.5) is 5.95 Å². The van der Waals surface area contributed by atoms with E-state index < -0.39 is 0 Å². The van der Waals surface area contributed by atoms with Crippen molar-refractivity contribution in [2.45, 2.75) is 47.0 Å². The van der Waals surface area contributed by atoms with Crippen molar-refractivity contribution in [3.05, 3.63) is 17.5 Å². The molecule has 2 heterocycles. The van der Waals surface area contributed by atoms with Gasteiger partial charge in [0.25, 0.3) is 0 Å². The topological polar surface area (TPSA) is 75.2 Å². The Morgan fingerprint density at radius 3 is 2.68 bits per heavy atom. The lowest BCUT2D eigenvalue weighted by Gasteiger charge is -2.36. The summed E-state index contributed by atoms with van der Waals surface area (Å²) < 4.78 is 0.771. The largest absolute Gasteiger partial charge is 0.357 e. The van der Waals surface area contributed by atoms with E-state index in [2.05, 4.69) is 34.0 Å². The fraction of sp³-hybridized carbons (Fsp3) is 0.650. The van der Waals surface area contributed by atoms with Crippen LogP contribution in [0, 0.1) is 17.3 Å². The van der Waals surface area contributed by atoms with Crippen LogP contribution in [0.15, 0.2) is 6.20 Å². The molecule has 1 aromatic heterocycles. The minimum atomic E-state index is -0.188. The molecule has 1 fully saturated rings. The molecule has 2 aliphatic rings. The Bertz CT molecular complexity index is 786. The predicted octanol–water partition coefficient (Wildman–Crippen LogP) is 3.57. The minimum absolute atomic E-state index is 0.0648. The Kier molecular flexibility index (Phi) is 6.39. The van der Waals surface area contributed by atoms with Gasteiger partial charge in [0.15, 0.2) is 5.78 Å². The number of thioether (sulfide) groups is 1. The summed E-state index contributed by atoms with van der Waals surface area (Å²) >= 11 is 6.90. The van der Waals surface area contributed by atoms with Gasteiger partial charge in [0.05, 0.1) is 17.0 Å². The molecule has 1 aliphatic carbocycles. The lowest BCUT2D eigenvalue weighted by atomic mass is 9.76. The molecule has 1 aromatic rings. The minimum Gasteiger partial charge on any atom is -0.357 e. The monoisotopic (exact) mass is 420 g/mol. The average Bonchev–Trinajstić information content (AvgIpc) is 2.57. The Morgan fingerprint density at radius 2 is 2.00 bits per heavy atom. The third-order valence-corrected chi connectivity index (χ3v) is 6.68. The van der Waals surface area contributed by atoms with Crippen molar-refractivity contribution in [1.82, 2.24) is 14.9 Å². The highest BCUT2D eigenvalue weighted by Crippen LogP contribution is 2.33. The Labute approximate surface area is 176 Å². The third-order valence-electron chi connectivity index (χ3n) is 5.16. The molecule has 1 saturated heterocycles. The molecule has 3 rings (SSSR count). The summed E-state index contributed by atoms with van der Waals surface area (Å²) in [4.78, 5) is 35.3.